The predicted molar refractivity (Wildman–Crippen MR) is 108 cm³/mol. The first-order chi connectivity index (χ1) is 11.7. The van der Waals surface area contributed by atoms with Gasteiger partial charge in [-0.3, -0.25) is 0 Å². The van der Waals surface area contributed by atoms with Gasteiger partial charge in [0.05, 0.1) is 0 Å². The van der Waals surface area contributed by atoms with Crippen LogP contribution in [0.4, 0.5) is 0 Å². The molecule has 0 aromatic heterocycles. The van der Waals surface area contributed by atoms with Crippen LogP contribution in [0.25, 0.3) is 0 Å². The normalized spacial score (nSPS) is 14.7. The second kappa shape index (κ2) is 12.8. The first-order valence-electron chi connectivity index (χ1n) is 9.40. The Morgan fingerprint density at radius 2 is 1.92 bits per heavy atom. The smallest absolute Gasteiger partial charge is 0.00645 e. The van der Waals surface area contributed by atoms with E-state index in [4.69, 9.17) is 0 Å². The molecule has 132 valence electrons. The van der Waals surface area contributed by atoms with Crippen LogP contribution in [-0.4, -0.2) is 12.6 Å². The van der Waals surface area contributed by atoms with Crippen LogP contribution in [0.3, 0.4) is 0 Å². The Morgan fingerprint density at radius 3 is 2.58 bits per heavy atom. The van der Waals surface area contributed by atoms with E-state index in [0.717, 1.165) is 13.0 Å². The van der Waals surface area contributed by atoms with Gasteiger partial charge in [-0.2, -0.15) is 0 Å². The van der Waals surface area contributed by atoms with Crippen molar-refractivity contribution in [1.29, 1.82) is 0 Å². The summed E-state index contributed by atoms with van der Waals surface area (Å²) >= 11 is 0. The Morgan fingerprint density at radius 1 is 1.17 bits per heavy atom. The lowest BCUT2D eigenvalue weighted by molar-refractivity contribution is 0.434. The van der Waals surface area contributed by atoms with Gasteiger partial charge in [0.25, 0.3) is 0 Å². The molecule has 0 heterocycles. The van der Waals surface area contributed by atoms with Crippen molar-refractivity contribution >= 4 is 0 Å². The van der Waals surface area contributed by atoms with Gasteiger partial charge in [-0.25, -0.2) is 0 Å². The van der Waals surface area contributed by atoms with E-state index in [0.29, 0.717) is 12.0 Å². The number of hydrogen-bond donors (Lipinski definition) is 1. The zero-order valence-corrected chi connectivity index (χ0v) is 15.8. The summed E-state index contributed by atoms with van der Waals surface area (Å²) in [6.07, 6.45) is 14.2. The Hall–Kier alpha value is -1.60. The second-order valence-corrected chi connectivity index (χ2v) is 6.66. The highest BCUT2D eigenvalue weighted by Gasteiger charge is 2.08. The fraction of sp³-hybridized carbons (Fsp3) is 0.478. The fourth-order valence-corrected chi connectivity index (χ4v) is 2.86. The molecule has 1 nitrogen and oxygen atoms in total. The molecule has 0 unspecified atom stereocenters. The van der Waals surface area contributed by atoms with Crippen LogP contribution in [-0.2, 0) is 6.42 Å². The lowest BCUT2D eigenvalue weighted by Gasteiger charge is -2.18. The number of nitrogens with one attached hydrogen (secondary N) is 1. The van der Waals surface area contributed by atoms with Crippen LogP contribution in [0.1, 0.15) is 52.0 Å². The Balaban J connectivity index is 2.24. The molecule has 0 bridgehead atoms. The van der Waals surface area contributed by atoms with E-state index < -0.39 is 0 Å². The Kier molecular flexibility index (Phi) is 10.9. The van der Waals surface area contributed by atoms with E-state index in [1.807, 2.05) is 12.2 Å². The van der Waals surface area contributed by atoms with E-state index in [1.54, 1.807) is 0 Å². The molecule has 2 atom stereocenters. The summed E-state index contributed by atoms with van der Waals surface area (Å²) in [5.74, 6) is 0.654. The van der Waals surface area contributed by atoms with Gasteiger partial charge in [0.15, 0.2) is 0 Å². The molecule has 0 radical (unpaired) electrons. The molecule has 0 spiro atoms. The fourth-order valence-electron chi connectivity index (χ4n) is 2.86. The van der Waals surface area contributed by atoms with Crippen LogP contribution < -0.4 is 5.32 Å². The monoisotopic (exact) mass is 325 g/mol. The summed E-state index contributed by atoms with van der Waals surface area (Å²) in [4.78, 5) is 0. The van der Waals surface area contributed by atoms with E-state index >= 15 is 0 Å². The molecule has 0 aliphatic rings. The average molecular weight is 326 g/mol. The number of benzene rings is 1. The highest BCUT2D eigenvalue weighted by atomic mass is 14.9. The second-order valence-electron chi connectivity index (χ2n) is 6.66. The largest absolute Gasteiger partial charge is 0.314 e. The minimum atomic E-state index is 0.644. The number of allylic oxidation sites excluding steroid dienone is 5. The predicted octanol–water partition coefficient (Wildman–Crippen LogP) is 6.09. The molecule has 1 aromatic rings. The Labute approximate surface area is 149 Å². The number of rotatable bonds is 12. The summed E-state index contributed by atoms with van der Waals surface area (Å²) in [6.45, 7) is 11.6. The van der Waals surface area contributed by atoms with Crippen molar-refractivity contribution in [1.82, 2.24) is 5.32 Å². The third kappa shape index (κ3) is 8.88. The highest BCUT2D eigenvalue weighted by Crippen LogP contribution is 2.18. The maximum absolute atomic E-state index is 3.73. The average Bonchev–Trinajstić information content (AvgIpc) is 2.61. The molecule has 1 rings (SSSR count). The highest BCUT2D eigenvalue weighted by molar-refractivity contribution is 5.16. The summed E-state index contributed by atoms with van der Waals surface area (Å²) in [6, 6.07) is 11.4. The molecule has 1 aromatic carbocycles. The van der Waals surface area contributed by atoms with E-state index in [2.05, 4.69) is 75.2 Å². The van der Waals surface area contributed by atoms with Gasteiger partial charge >= 0.3 is 0 Å². The molecule has 0 saturated heterocycles. The molecule has 0 fully saturated rings. The molecule has 0 aliphatic heterocycles. The van der Waals surface area contributed by atoms with E-state index in [9.17, 15) is 0 Å². The third-order valence-corrected chi connectivity index (χ3v) is 4.76. The minimum Gasteiger partial charge on any atom is -0.314 e. The van der Waals surface area contributed by atoms with Gasteiger partial charge in [-0.15, -0.1) is 0 Å². The molecule has 0 saturated carbocycles. The quantitative estimate of drug-likeness (QED) is 0.458. The van der Waals surface area contributed by atoms with E-state index in [1.165, 1.54) is 36.8 Å². The maximum atomic E-state index is 3.73. The van der Waals surface area contributed by atoms with Gasteiger partial charge in [-0.1, -0.05) is 87.1 Å². The summed E-state index contributed by atoms with van der Waals surface area (Å²) in [5, 5.41) is 3.73. The van der Waals surface area contributed by atoms with Gasteiger partial charge in [-0.05, 0) is 50.6 Å². The van der Waals surface area contributed by atoms with Crippen molar-refractivity contribution in [2.45, 2.75) is 58.9 Å². The van der Waals surface area contributed by atoms with Gasteiger partial charge in [0.2, 0.25) is 0 Å². The molecule has 0 aliphatic carbocycles. The molecular formula is C23H35N. The van der Waals surface area contributed by atoms with Crippen molar-refractivity contribution in [3.63, 3.8) is 0 Å². The number of hydrogen-bond acceptors (Lipinski definition) is 1. The van der Waals surface area contributed by atoms with Crippen LogP contribution in [0.15, 0.2) is 66.8 Å². The molecule has 1 N–H and O–H groups in total. The minimum absolute atomic E-state index is 0.644. The lowest BCUT2D eigenvalue weighted by atomic mass is 9.94. The van der Waals surface area contributed by atoms with Crippen molar-refractivity contribution in [3.05, 3.63) is 72.4 Å². The zero-order valence-electron chi connectivity index (χ0n) is 15.8. The molecular weight excluding hydrogens is 290 g/mol. The topological polar surface area (TPSA) is 12.0 Å². The first-order valence-corrected chi connectivity index (χ1v) is 9.40. The summed E-state index contributed by atoms with van der Waals surface area (Å²) < 4.78 is 0. The Bertz CT molecular complexity index is 498. The SMILES string of the molecule is C=C/C=C\C=C(/C)[C@@H](C)CCC[C@H](CC)NCCc1ccccc1. The van der Waals surface area contributed by atoms with Crippen LogP contribution in [0.2, 0.25) is 0 Å². The van der Waals surface area contributed by atoms with Crippen molar-refractivity contribution in [2.75, 3.05) is 6.54 Å². The third-order valence-electron chi connectivity index (χ3n) is 4.76. The first kappa shape index (κ1) is 20.4. The van der Waals surface area contributed by atoms with Gasteiger partial charge in [0, 0.05) is 6.04 Å². The standard InChI is InChI=1S/C23H35N/c1-5-7-9-13-20(3)21(4)14-12-17-23(6-2)24-19-18-22-15-10-8-11-16-22/h5,7-11,13,15-16,21,23-24H,1,6,12,14,17-19H2,2-4H3/b9-7-,20-13+/t21-,23-/m0/s1. The molecule has 1 heteroatoms. The maximum Gasteiger partial charge on any atom is 0.00645 e. The van der Waals surface area contributed by atoms with Crippen molar-refractivity contribution < 1.29 is 0 Å². The van der Waals surface area contributed by atoms with Gasteiger partial charge in [0.1, 0.15) is 0 Å². The lowest BCUT2D eigenvalue weighted by Crippen LogP contribution is -2.30. The van der Waals surface area contributed by atoms with E-state index in [-0.39, 0.29) is 0 Å². The molecule has 0 amide bonds. The van der Waals surface area contributed by atoms with Gasteiger partial charge < -0.3 is 5.32 Å². The van der Waals surface area contributed by atoms with Crippen molar-refractivity contribution in [2.24, 2.45) is 5.92 Å². The van der Waals surface area contributed by atoms with Crippen LogP contribution in [0.5, 0.6) is 0 Å². The van der Waals surface area contributed by atoms with Crippen LogP contribution in [0, 0.1) is 5.92 Å². The summed E-state index contributed by atoms with van der Waals surface area (Å²) in [7, 11) is 0. The van der Waals surface area contributed by atoms with Crippen molar-refractivity contribution in [3.8, 4) is 0 Å². The van der Waals surface area contributed by atoms with Crippen LogP contribution >= 0.6 is 0 Å². The molecule has 24 heavy (non-hydrogen) atoms. The zero-order chi connectivity index (χ0) is 17.6. The summed E-state index contributed by atoms with van der Waals surface area (Å²) in [5.41, 5.74) is 2.88.